The third-order valence-electron chi connectivity index (χ3n) is 1.69. The van der Waals surface area contributed by atoms with Crippen LogP contribution in [-0.2, 0) is 13.6 Å². The van der Waals surface area contributed by atoms with E-state index < -0.39 is 7.82 Å². The van der Waals surface area contributed by atoms with Gasteiger partial charge < -0.3 is 23.5 Å². The SMILES string of the molecule is C#CC[N+](C)(C)CCOP(=O)([O-])OC.CO. The van der Waals surface area contributed by atoms with Gasteiger partial charge in [-0.15, -0.1) is 6.42 Å². The van der Waals surface area contributed by atoms with Gasteiger partial charge in [-0.05, 0) is 5.92 Å². The number of aliphatic hydroxyl groups is 1. The molecular weight excluding hydrogens is 233 g/mol. The third-order valence-corrected chi connectivity index (χ3v) is 2.63. The minimum atomic E-state index is -4.09. The minimum absolute atomic E-state index is 0.0727. The van der Waals surface area contributed by atoms with Crippen LogP contribution in [0.25, 0.3) is 0 Å². The molecule has 7 heteroatoms. The van der Waals surface area contributed by atoms with Gasteiger partial charge in [0.05, 0.1) is 14.1 Å². The lowest BCUT2D eigenvalue weighted by atomic mass is 10.4. The van der Waals surface area contributed by atoms with E-state index in [1.807, 2.05) is 14.1 Å². The molecule has 0 saturated heterocycles. The molecule has 6 nitrogen and oxygen atoms in total. The summed E-state index contributed by atoms with van der Waals surface area (Å²) >= 11 is 0. The maximum Gasteiger partial charge on any atom is 0.267 e. The Hall–Kier alpha value is -0.410. The molecule has 96 valence electrons. The number of hydrogen-bond acceptors (Lipinski definition) is 5. The molecule has 0 saturated carbocycles. The molecule has 0 amide bonds. The summed E-state index contributed by atoms with van der Waals surface area (Å²) in [5.41, 5.74) is 0. The van der Waals surface area contributed by atoms with Crippen molar-refractivity contribution in [1.29, 1.82) is 0 Å². The molecule has 1 unspecified atom stereocenters. The first-order chi connectivity index (χ1) is 7.33. The van der Waals surface area contributed by atoms with Crippen molar-refractivity contribution in [1.82, 2.24) is 0 Å². The smallest absolute Gasteiger partial charge is 0.267 e. The van der Waals surface area contributed by atoms with Crippen molar-refractivity contribution in [3.05, 3.63) is 0 Å². The topological polar surface area (TPSA) is 78.8 Å². The molecule has 0 bridgehead atoms. The van der Waals surface area contributed by atoms with Crippen LogP contribution in [0, 0.1) is 12.3 Å². The first kappa shape index (κ1) is 18.0. The first-order valence-electron chi connectivity index (χ1n) is 4.54. The van der Waals surface area contributed by atoms with Crippen LogP contribution in [-0.4, -0.2) is 57.6 Å². The Kier molecular flexibility index (Phi) is 9.78. The lowest BCUT2D eigenvalue weighted by Gasteiger charge is -2.28. The maximum absolute atomic E-state index is 10.8. The summed E-state index contributed by atoms with van der Waals surface area (Å²) in [4.78, 5) is 10.8. The molecule has 16 heavy (non-hydrogen) atoms. The number of nitrogens with zero attached hydrogens (tertiary/aromatic N) is 1. The molecule has 1 atom stereocenters. The van der Waals surface area contributed by atoms with Gasteiger partial charge in [0.15, 0.2) is 0 Å². The highest BCUT2D eigenvalue weighted by molar-refractivity contribution is 7.45. The molecule has 0 aromatic carbocycles. The molecule has 0 aromatic rings. The number of phosphoric ester groups is 1. The van der Waals surface area contributed by atoms with E-state index in [0.29, 0.717) is 17.6 Å². The van der Waals surface area contributed by atoms with Gasteiger partial charge in [-0.25, -0.2) is 0 Å². The van der Waals surface area contributed by atoms with Gasteiger partial charge >= 0.3 is 0 Å². The second-order valence-electron chi connectivity index (χ2n) is 3.48. The number of quaternary nitrogens is 1. The molecule has 0 radical (unpaired) electrons. The van der Waals surface area contributed by atoms with Gasteiger partial charge in [-0.1, -0.05) is 0 Å². The number of phosphoric acid groups is 1. The molecule has 0 rings (SSSR count). The second kappa shape index (κ2) is 8.71. The van der Waals surface area contributed by atoms with Gasteiger partial charge in [0.2, 0.25) is 0 Å². The summed E-state index contributed by atoms with van der Waals surface area (Å²) in [6, 6.07) is 0. The normalized spacial score (nSPS) is 14.3. The van der Waals surface area contributed by atoms with E-state index in [-0.39, 0.29) is 6.61 Å². The fraction of sp³-hybridized carbons (Fsp3) is 0.778. The number of aliphatic hydroxyl groups excluding tert-OH is 1. The van der Waals surface area contributed by atoms with Crippen LogP contribution in [0.15, 0.2) is 0 Å². The minimum Gasteiger partial charge on any atom is -0.756 e. The molecule has 1 N–H and O–H groups in total. The van der Waals surface area contributed by atoms with Crippen LogP contribution in [0.1, 0.15) is 0 Å². The van der Waals surface area contributed by atoms with Crippen molar-refractivity contribution in [2.45, 2.75) is 0 Å². The van der Waals surface area contributed by atoms with E-state index in [1.165, 1.54) is 0 Å². The first-order valence-corrected chi connectivity index (χ1v) is 6.00. The van der Waals surface area contributed by atoms with E-state index in [0.717, 1.165) is 14.2 Å². The van der Waals surface area contributed by atoms with E-state index in [9.17, 15) is 9.46 Å². The highest BCUT2D eigenvalue weighted by atomic mass is 31.2. The van der Waals surface area contributed by atoms with Crippen LogP contribution in [0.2, 0.25) is 0 Å². The summed E-state index contributed by atoms with van der Waals surface area (Å²) in [5, 5.41) is 7.00. The summed E-state index contributed by atoms with van der Waals surface area (Å²) in [6.07, 6.45) is 5.15. The molecule has 0 aliphatic heterocycles. The summed E-state index contributed by atoms with van der Waals surface area (Å²) in [5.74, 6) is 2.51. The van der Waals surface area contributed by atoms with Crippen molar-refractivity contribution < 1.29 is 28.1 Å². The van der Waals surface area contributed by atoms with Crippen LogP contribution < -0.4 is 4.89 Å². The van der Waals surface area contributed by atoms with Gasteiger partial charge in [0.1, 0.15) is 19.7 Å². The van der Waals surface area contributed by atoms with Crippen molar-refractivity contribution in [3.8, 4) is 12.3 Å². The zero-order chi connectivity index (χ0) is 13.2. The molecule has 0 heterocycles. The number of terminal acetylenes is 1. The highest BCUT2D eigenvalue weighted by Crippen LogP contribution is 2.36. The Morgan fingerprint density at radius 2 is 2.00 bits per heavy atom. The largest absolute Gasteiger partial charge is 0.756 e. The van der Waals surface area contributed by atoms with Crippen molar-refractivity contribution in [3.63, 3.8) is 0 Å². The average Bonchev–Trinajstić information content (AvgIpc) is 2.20. The Bertz CT molecular complexity index is 261. The van der Waals surface area contributed by atoms with Gasteiger partial charge in [0, 0.05) is 14.2 Å². The van der Waals surface area contributed by atoms with Gasteiger partial charge in [-0.2, -0.15) is 0 Å². The standard InChI is InChI=1S/C8H16NO4P.CH4O/c1-5-6-9(2,3)7-8-13-14(10,11)12-4;1-2/h1H,6-8H2,2-4H3;2H,1H3. The number of hydrogen-bond donors (Lipinski definition) is 1. The molecule has 0 fully saturated rings. The highest BCUT2D eigenvalue weighted by Gasteiger charge is 2.15. The van der Waals surface area contributed by atoms with Crippen molar-refractivity contribution in [2.75, 3.05) is 48.0 Å². The van der Waals surface area contributed by atoms with Crippen LogP contribution in [0.4, 0.5) is 0 Å². The molecule has 0 spiro atoms. The van der Waals surface area contributed by atoms with Crippen LogP contribution >= 0.6 is 7.82 Å². The summed E-state index contributed by atoms with van der Waals surface area (Å²) in [6.45, 7) is 1.11. The zero-order valence-electron chi connectivity index (χ0n) is 10.2. The quantitative estimate of drug-likeness (QED) is 0.390. The zero-order valence-corrected chi connectivity index (χ0v) is 11.1. The molecule has 0 aromatic heterocycles. The average molecular weight is 253 g/mol. The third kappa shape index (κ3) is 10.1. The van der Waals surface area contributed by atoms with E-state index in [2.05, 4.69) is 15.0 Å². The van der Waals surface area contributed by atoms with Crippen LogP contribution in [0.3, 0.4) is 0 Å². The number of rotatable bonds is 6. The molecule has 0 aliphatic rings. The lowest BCUT2D eigenvalue weighted by molar-refractivity contribution is -0.883. The van der Waals surface area contributed by atoms with Crippen molar-refractivity contribution in [2.24, 2.45) is 0 Å². The Morgan fingerprint density at radius 3 is 2.38 bits per heavy atom. The summed E-state index contributed by atoms with van der Waals surface area (Å²) < 4.78 is 20.0. The summed E-state index contributed by atoms with van der Waals surface area (Å²) in [7, 11) is 1.76. The monoisotopic (exact) mass is 253 g/mol. The van der Waals surface area contributed by atoms with E-state index in [1.54, 1.807) is 0 Å². The molecular formula is C9H20NO5P. The second-order valence-corrected chi connectivity index (χ2v) is 5.00. The van der Waals surface area contributed by atoms with E-state index in [4.69, 9.17) is 11.5 Å². The fourth-order valence-corrected chi connectivity index (χ4v) is 1.19. The fourth-order valence-electron chi connectivity index (χ4n) is 0.779. The predicted molar refractivity (Wildman–Crippen MR) is 59.4 cm³/mol. The maximum atomic E-state index is 10.8. The molecule has 0 aliphatic carbocycles. The number of likely N-dealkylation sites (N-methyl/N-ethyl adjacent to an activating group) is 1. The lowest BCUT2D eigenvalue weighted by Crippen LogP contribution is -2.42. The Balaban J connectivity index is 0. The van der Waals surface area contributed by atoms with Crippen LogP contribution in [0.5, 0.6) is 0 Å². The van der Waals surface area contributed by atoms with E-state index >= 15 is 0 Å². The van der Waals surface area contributed by atoms with Gasteiger partial charge in [0.25, 0.3) is 7.82 Å². The Labute approximate surface area is 97.0 Å². The Morgan fingerprint density at radius 1 is 1.50 bits per heavy atom. The predicted octanol–water partition coefficient (Wildman–Crippen LogP) is -0.564. The van der Waals surface area contributed by atoms with Gasteiger partial charge in [-0.3, -0.25) is 4.57 Å². The van der Waals surface area contributed by atoms with Crippen molar-refractivity contribution >= 4 is 7.82 Å².